The first-order valence-corrected chi connectivity index (χ1v) is 11.9. The highest BCUT2D eigenvalue weighted by atomic mass is 35.5. The molecule has 1 aliphatic heterocycles. The number of aliphatic imine (C=N–C) groups is 2. The second-order valence-electron chi connectivity index (χ2n) is 8.14. The van der Waals surface area contributed by atoms with Gasteiger partial charge >= 0.3 is 0 Å². The number of nitrogens with one attached hydrogen (secondary N) is 4. The number of nitrogens with zero attached hydrogens (tertiary/aromatic N) is 4. The molecule has 10 nitrogen and oxygen atoms in total. The second kappa shape index (κ2) is 10.6. The fourth-order valence-corrected chi connectivity index (χ4v) is 4.33. The molecule has 1 atom stereocenters. The molecule has 0 saturated carbocycles. The predicted octanol–water partition coefficient (Wildman–Crippen LogP) is 2.82. The Kier molecular flexibility index (Phi) is 7.35. The van der Waals surface area contributed by atoms with Gasteiger partial charge in [-0.05, 0) is 37.6 Å². The number of rotatable bonds is 6. The van der Waals surface area contributed by atoms with E-state index in [1.165, 1.54) is 0 Å². The van der Waals surface area contributed by atoms with E-state index in [0.717, 1.165) is 0 Å². The lowest BCUT2D eigenvalue weighted by Gasteiger charge is -2.29. The average Bonchev–Trinajstić information content (AvgIpc) is 2.86. The van der Waals surface area contributed by atoms with Crippen molar-refractivity contribution in [3.8, 4) is 5.69 Å². The standard InChI is InChI=1S/C25H28ClN9O/c1-4-17(33-23-20(21(28)32-14(2)27)22(29-3)30-13-31-23)24-34-18-12-8-11-16(26)19(18)25(36)35(24)15-9-6-5-7-10-15/h5-12,17,31,33H,4,13H2,1-3H3,(H,29,30)(H3,27,28,32)/t17-/m1/s1. The molecule has 1 aromatic heterocycles. The van der Waals surface area contributed by atoms with E-state index in [1.807, 2.05) is 37.3 Å². The molecule has 11 heteroatoms. The van der Waals surface area contributed by atoms with E-state index in [-0.39, 0.29) is 17.2 Å². The summed E-state index contributed by atoms with van der Waals surface area (Å²) in [7, 11) is 1.64. The summed E-state index contributed by atoms with van der Waals surface area (Å²) >= 11 is 6.42. The van der Waals surface area contributed by atoms with Gasteiger partial charge in [0.25, 0.3) is 5.56 Å². The summed E-state index contributed by atoms with van der Waals surface area (Å²) < 4.78 is 1.58. The van der Waals surface area contributed by atoms with Crippen molar-refractivity contribution in [2.75, 3.05) is 13.7 Å². The van der Waals surface area contributed by atoms with Crippen LogP contribution in [-0.2, 0) is 0 Å². The van der Waals surface area contributed by atoms with Gasteiger partial charge in [-0.25, -0.2) is 9.98 Å². The Labute approximate surface area is 213 Å². The number of para-hydroxylation sites is 1. The van der Waals surface area contributed by atoms with E-state index in [1.54, 1.807) is 36.7 Å². The number of aromatic nitrogens is 2. The summed E-state index contributed by atoms with van der Waals surface area (Å²) in [5.41, 5.74) is 7.10. The molecule has 6 N–H and O–H groups in total. The number of hydrogen-bond donors (Lipinski definition) is 5. The average molecular weight is 506 g/mol. The molecular formula is C25H28ClN9O. The van der Waals surface area contributed by atoms with E-state index in [9.17, 15) is 4.79 Å². The predicted molar refractivity (Wildman–Crippen MR) is 145 cm³/mol. The molecular weight excluding hydrogens is 478 g/mol. The second-order valence-corrected chi connectivity index (χ2v) is 8.55. The Bertz CT molecular complexity index is 1450. The molecule has 0 fully saturated rings. The summed E-state index contributed by atoms with van der Waals surface area (Å²) in [6.45, 7) is 4.00. The molecule has 0 spiro atoms. The molecule has 3 aromatic rings. The molecule has 4 rings (SSSR count). The van der Waals surface area contributed by atoms with E-state index in [4.69, 9.17) is 27.7 Å². The first-order valence-electron chi connectivity index (χ1n) is 11.5. The number of amidine groups is 3. The van der Waals surface area contributed by atoms with Gasteiger partial charge in [0.05, 0.1) is 40.2 Å². The number of nitrogens with two attached hydrogens (primary N) is 1. The fraction of sp³-hybridized carbons (Fsp3) is 0.240. The van der Waals surface area contributed by atoms with E-state index in [2.05, 4.69) is 25.9 Å². The minimum atomic E-state index is -0.411. The molecule has 0 bridgehead atoms. The maximum atomic E-state index is 13.8. The first-order chi connectivity index (χ1) is 17.3. The van der Waals surface area contributed by atoms with Crippen molar-refractivity contribution < 1.29 is 0 Å². The third-order valence-corrected chi connectivity index (χ3v) is 6.00. The van der Waals surface area contributed by atoms with Crippen molar-refractivity contribution in [1.82, 2.24) is 25.5 Å². The van der Waals surface area contributed by atoms with Crippen LogP contribution < -0.4 is 27.2 Å². The van der Waals surface area contributed by atoms with Crippen LogP contribution in [0.5, 0.6) is 0 Å². The molecule has 36 heavy (non-hydrogen) atoms. The maximum absolute atomic E-state index is 13.8. The number of benzene rings is 2. The van der Waals surface area contributed by atoms with Crippen LogP contribution in [-0.4, -0.2) is 40.8 Å². The van der Waals surface area contributed by atoms with Gasteiger partial charge in [0.2, 0.25) is 0 Å². The lowest BCUT2D eigenvalue weighted by Crippen LogP contribution is -2.48. The fourth-order valence-electron chi connectivity index (χ4n) is 4.08. The van der Waals surface area contributed by atoms with Crippen LogP contribution in [0.2, 0.25) is 5.02 Å². The Morgan fingerprint density at radius 2 is 2.00 bits per heavy atom. The SMILES string of the molecule is CC[C@@H](NC1=C(C(=N)N=C(C)N)C(=NC)NCN1)c1nc2cccc(Cl)c2c(=O)n1-c1ccccc1. The van der Waals surface area contributed by atoms with Gasteiger partial charge in [0.1, 0.15) is 23.1 Å². The Hall–Kier alpha value is -4.18. The molecule has 0 unspecified atom stereocenters. The first kappa shape index (κ1) is 24.9. The minimum absolute atomic E-state index is 0.0497. The highest BCUT2D eigenvalue weighted by Gasteiger charge is 2.27. The number of hydrogen-bond acceptors (Lipinski definition) is 6. The summed E-state index contributed by atoms with van der Waals surface area (Å²) in [4.78, 5) is 27.0. The highest BCUT2D eigenvalue weighted by Crippen LogP contribution is 2.25. The van der Waals surface area contributed by atoms with Crippen molar-refractivity contribution in [2.24, 2.45) is 15.7 Å². The Morgan fingerprint density at radius 3 is 2.67 bits per heavy atom. The largest absolute Gasteiger partial charge is 0.387 e. The zero-order valence-corrected chi connectivity index (χ0v) is 21.0. The zero-order valence-electron chi connectivity index (χ0n) is 20.3. The lowest BCUT2D eigenvalue weighted by molar-refractivity contribution is 0.500. The number of fused-ring (bicyclic) bond motifs is 1. The van der Waals surface area contributed by atoms with Gasteiger partial charge in [0, 0.05) is 7.05 Å². The van der Waals surface area contributed by atoms with E-state index < -0.39 is 6.04 Å². The summed E-state index contributed by atoms with van der Waals surface area (Å²) in [6.07, 6.45) is 0.586. The summed E-state index contributed by atoms with van der Waals surface area (Å²) in [5.74, 6) is 1.75. The molecule has 2 aromatic carbocycles. The third kappa shape index (κ3) is 4.80. The molecule has 1 aliphatic rings. The van der Waals surface area contributed by atoms with E-state index in [0.29, 0.717) is 57.8 Å². The van der Waals surface area contributed by atoms with Crippen molar-refractivity contribution in [3.05, 3.63) is 81.1 Å². The van der Waals surface area contributed by atoms with Gasteiger partial charge in [-0.15, -0.1) is 0 Å². The number of halogens is 1. The van der Waals surface area contributed by atoms with Crippen molar-refractivity contribution >= 4 is 40.0 Å². The molecule has 0 saturated heterocycles. The van der Waals surface area contributed by atoms with Gasteiger partial charge in [-0.3, -0.25) is 19.8 Å². The molecule has 0 amide bonds. The lowest BCUT2D eigenvalue weighted by atomic mass is 10.1. The molecule has 2 heterocycles. The summed E-state index contributed by atoms with van der Waals surface area (Å²) in [6, 6.07) is 14.1. The van der Waals surface area contributed by atoms with Crippen LogP contribution in [0.4, 0.5) is 0 Å². The van der Waals surface area contributed by atoms with Crippen LogP contribution >= 0.6 is 11.6 Å². The van der Waals surface area contributed by atoms with Crippen molar-refractivity contribution in [2.45, 2.75) is 26.3 Å². The molecule has 186 valence electrons. The third-order valence-electron chi connectivity index (χ3n) is 5.68. The monoisotopic (exact) mass is 505 g/mol. The Morgan fingerprint density at radius 1 is 1.25 bits per heavy atom. The van der Waals surface area contributed by atoms with E-state index >= 15 is 0 Å². The minimum Gasteiger partial charge on any atom is -0.387 e. The van der Waals surface area contributed by atoms with Crippen LogP contribution in [0.15, 0.2) is 74.7 Å². The Balaban J connectivity index is 1.93. The van der Waals surface area contributed by atoms with Gasteiger partial charge in [-0.2, -0.15) is 0 Å². The smallest absolute Gasteiger partial charge is 0.267 e. The van der Waals surface area contributed by atoms with Crippen LogP contribution in [0.1, 0.15) is 32.1 Å². The van der Waals surface area contributed by atoms with Crippen LogP contribution in [0.3, 0.4) is 0 Å². The molecule has 0 aliphatic carbocycles. The topological polar surface area (TPSA) is 146 Å². The van der Waals surface area contributed by atoms with Crippen molar-refractivity contribution in [3.63, 3.8) is 0 Å². The summed E-state index contributed by atoms with van der Waals surface area (Å²) in [5, 5.41) is 19.0. The van der Waals surface area contributed by atoms with Gasteiger partial charge in [-0.1, -0.05) is 42.8 Å². The molecule has 0 radical (unpaired) electrons. The van der Waals surface area contributed by atoms with Crippen LogP contribution in [0, 0.1) is 5.41 Å². The van der Waals surface area contributed by atoms with Crippen molar-refractivity contribution in [1.29, 1.82) is 5.41 Å². The maximum Gasteiger partial charge on any atom is 0.267 e. The quantitative estimate of drug-likeness (QED) is 0.257. The van der Waals surface area contributed by atoms with Gasteiger partial charge < -0.3 is 21.7 Å². The highest BCUT2D eigenvalue weighted by molar-refractivity contribution is 6.35. The van der Waals surface area contributed by atoms with Gasteiger partial charge in [0.15, 0.2) is 5.84 Å². The van der Waals surface area contributed by atoms with Crippen LogP contribution in [0.25, 0.3) is 16.6 Å². The zero-order chi connectivity index (χ0) is 25.8. The normalized spacial score (nSPS) is 16.0.